The van der Waals surface area contributed by atoms with E-state index in [4.69, 9.17) is 20.2 Å². The summed E-state index contributed by atoms with van der Waals surface area (Å²) in [5, 5.41) is 0. The van der Waals surface area contributed by atoms with Crippen molar-refractivity contribution in [2.24, 2.45) is 22.1 Å². The highest BCUT2D eigenvalue weighted by molar-refractivity contribution is 7.90. The first kappa shape index (κ1) is 25.3. The van der Waals surface area contributed by atoms with Gasteiger partial charge in [-0.3, -0.25) is 9.79 Å². The van der Waals surface area contributed by atoms with Gasteiger partial charge in [0.15, 0.2) is 9.84 Å². The Bertz CT molecular complexity index is 1090. The molecule has 2 unspecified atom stereocenters. The van der Waals surface area contributed by atoms with E-state index in [1.807, 2.05) is 13.8 Å². The van der Waals surface area contributed by atoms with Crippen molar-refractivity contribution < 1.29 is 27.5 Å². The molecular weight excluding hydrogens is 444 g/mol. The van der Waals surface area contributed by atoms with Gasteiger partial charge in [0, 0.05) is 30.9 Å². The number of Topliss-reactive ketones (excluding diaryl/α,β-unsaturated/α-hetero) is 1. The molecule has 2 N–H and O–H groups in total. The second-order valence-corrected chi connectivity index (χ2v) is 11.3. The van der Waals surface area contributed by atoms with Crippen LogP contribution in [0.15, 0.2) is 45.4 Å². The zero-order chi connectivity index (χ0) is 24.4. The van der Waals surface area contributed by atoms with Crippen LogP contribution in [0.2, 0.25) is 0 Å². The van der Waals surface area contributed by atoms with Crippen LogP contribution >= 0.6 is 0 Å². The molecule has 1 aliphatic heterocycles. The third-order valence-corrected chi connectivity index (χ3v) is 7.04. The van der Waals surface area contributed by atoms with Gasteiger partial charge in [-0.1, -0.05) is 26.0 Å². The van der Waals surface area contributed by atoms with E-state index in [0.717, 1.165) is 6.26 Å². The van der Waals surface area contributed by atoms with Crippen molar-refractivity contribution in [3.05, 3.63) is 41.1 Å². The molecule has 8 nitrogen and oxygen atoms in total. The van der Waals surface area contributed by atoms with Crippen molar-refractivity contribution >= 4 is 27.3 Å². The molecule has 3 rings (SSSR count). The maximum Gasteiger partial charge on any atom is 0.336 e. The topological polar surface area (TPSA) is 125 Å². The fourth-order valence-electron chi connectivity index (χ4n) is 4.59. The van der Waals surface area contributed by atoms with E-state index in [1.165, 1.54) is 12.1 Å². The predicted octanol–water partition coefficient (Wildman–Crippen LogP) is 2.43. The third-order valence-electron chi connectivity index (χ3n) is 5.92. The summed E-state index contributed by atoms with van der Waals surface area (Å²) in [7, 11) is -3.39. The first-order valence-electron chi connectivity index (χ1n) is 11.1. The second kappa shape index (κ2) is 9.87. The van der Waals surface area contributed by atoms with Crippen LogP contribution in [0.1, 0.15) is 45.1 Å². The Morgan fingerprint density at radius 1 is 1.18 bits per heavy atom. The molecule has 9 heteroatoms. The number of benzene rings is 1. The lowest BCUT2D eigenvalue weighted by Gasteiger charge is -2.41. The predicted molar refractivity (Wildman–Crippen MR) is 125 cm³/mol. The molecule has 0 radical (unpaired) electrons. The molecule has 0 amide bonds. The summed E-state index contributed by atoms with van der Waals surface area (Å²) in [5.41, 5.74) is 7.39. The number of sulfone groups is 1. The first-order chi connectivity index (χ1) is 15.5. The highest BCUT2D eigenvalue weighted by Crippen LogP contribution is 2.47. The Labute approximate surface area is 195 Å². The molecule has 0 saturated heterocycles. The average molecular weight is 477 g/mol. The smallest absolute Gasteiger partial charge is 0.336 e. The number of ether oxygens (including phenoxy) is 2. The molecule has 0 bridgehead atoms. The minimum Gasteiger partial charge on any atom is -0.463 e. The number of hydrogen-bond acceptors (Lipinski definition) is 8. The Hall–Kier alpha value is -2.36. The number of hydrogen-bond donors (Lipinski definition) is 1. The van der Waals surface area contributed by atoms with Crippen LogP contribution in [0.4, 0.5) is 0 Å². The summed E-state index contributed by atoms with van der Waals surface area (Å²) in [6.07, 6.45) is 2.11. The van der Waals surface area contributed by atoms with Gasteiger partial charge < -0.3 is 15.2 Å². The van der Waals surface area contributed by atoms with Crippen molar-refractivity contribution in [1.29, 1.82) is 0 Å². The largest absolute Gasteiger partial charge is 0.463 e. The number of fused-ring (bicyclic) bond motifs is 1. The number of nitrogens with two attached hydrogens (primary N) is 1. The van der Waals surface area contributed by atoms with Gasteiger partial charge in [-0.25, -0.2) is 13.2 Å². The number of rotatable bonds is 8. The zero-order valence-corrected chi connectivity index (χ0v) is 20.4. The summed E-state index contributed by atoms with van der Waals surface area (Å²) < 4.78 is 34.9. The Balaban J connectivity index is 2.19. The Kier molecular flexibility index (Phi) is 7.55. The van der Waals surface area contributed by atoms with E-state index in [9.17, 15) is 18.0 Å². The molecule has 1 fully saturated rings. The maximum atomic E-state index is 13.3. The molecule has 2 atom stereocenters. The Morgan fingerprint density at radius 2 is 1.85 bits per heavy atom. The molecule has 1 aliphatic carbocycles. The summed E-state index contributed by atoms with van der Waals surface area (Å²) in [6, 6.07) is 6.32. The fraction of sp³-hybridized carbons (Fsp3) is 0.542. The van der Waals surface area contributed by atoms with E-state index < -0.39 is 27.6 Å². The molecule has 1 heterocycles. The van der Waals surface area contributed by atoms with E-state index in [-0.39, 0.29) is 34.9 Å². The van der Waals surface area contributed by atoms with Gasteiger partial charge in [-0.2, -0.15) is 0 Å². The van der Waals surface area contributed by atoms with Gasteiger partial charge in [0.05, 0.1) is 41.9 Å². The summed E-state index contributed by atoms with van der Waals surface area (Å²) in [5.74, 6) is -1.79. The van der Waals surface area contributed by atoms with Crippen LogP contribution in [0.3, 0.4) is 0 Å². The highest BCUT2D eigenvalue weighted by Gasteiger charge is 2.48. The standard InChI is InChI=1S/C24H32N2O6S/c1-5-32-23(28)22-18(14-31-11-10-25)26-17-12-24(2,3)13-19(27)21(17)20(22)15-6-8-16(9-7-15)33(4,29)30/h6-9,20-21H,5,10-14,25H2,1-4H3. The SMILES string of the molecule is CCOC(=O)C1=C(COCCN)N=C2CC(C)(C)CC(=O)C2C1c1ccc(S(C)(=O)=O)cc1. The van der Waals surface area contributed by atoms with Crippen LogP contribution in [-0.2, 0) is 28.9 Å². The van der Waals surface area contributed by atoms with Crippen LogP contribution < -0.4 is 5.73 Å². The zero-order valence-electron chi connectivity index (χ0n) is 19.6. The number of aliphatic imine (C=N–C) groups is 1. The van der Waals surface area contributed by atoms with Crippen molar-refractivity contribution in [2.45, 2.75) is 44.4 Å². The molecule has 0 spiro atoms. The maximum absolute atomic E-state index is 13.3. The molecule has 1 aromatic carbocycles. The second-order valence-electron chi connectivity index (χ2n) is 9.31. The number of carbonyl (C=O) groups is 2. The molecule has 180 valence electrons. The third kappa shape index (κ3) is 5.59. The molecular formula is C24H32N2O6S. The van der Waals surface area contributed by atoms with Gasteiger partial charge in [0.1, 0.15) is 5.78 Å². The fourth-order valence-corrected chi connectivity index (χ4v) is 5.23. The molecule has 1 aromatic rings. The van der Waals surface area contributed by atoms with E-state index >= 15 is 0 Å². The van der Waals surface area contributed by atoms with E-state index in [1.54, 1.807) is 19.1 Å². The van der Waals surface area contributed by atoms with E-state index in [0.29, 0.717) is 43.0 Å². The van der Waals surface area contributed by atoms with Gasteiger partial charge >= 0.3 is 5.97 Å². The lowest BCUT2D eigenvalue weighted by atomic mass is 9.63. The molecule has 33 heavy (non-hydrogen) atoms. The monoisotopic (exact) mass is 476 g/mol. The molecule has 1 saturated carbocycles. The van der Waals surface area contributed by atoms with Crippen LogP contribution in [0.5, 0.6) is 0 Å². The molecule has 2 aliphatic rings. The number of nitrogens with zero attached hydrogens (tertiary/aromatic N) is 1. The lowest BCUT2D eigenvalue weighted by molar-refractivity contribution is -0.139. The quantitative estimate of drug-likeness (QED) is 0.451. The van der Waals surface area contributed by atoms with Crippen LogP contribution in [0, 0.1) is 11.3 Å². The number of carbonyl (C=O) groups excluding carboxylic acids is 2. The first-order valence-corrected chi connectivity index (χ1v) is 13.0. The van der Waals surface area contributed by atoms with Gasteiger partial charge in [-0.15, -0.1) is 0 Å². The normalized spacial score (nSPS) is 22.6. The number of ketones is 1. The van der Waals surface area contributed by atoms with Crippen LogP contribution in [0.25, 0.3) is 0 Å². The van der Waals surface area contributed by atoms with Crippen molar-refractivity contribution in [2.75, 3.05) is 32.6 Å². The molecule has 0 aromatic heterocycles. The number of esters is 1. The minimum absolute atomic E-state index is 0.00548. The minimum atomic E-state index is -3.39. The van der Waals surface area contributed by atoms with Crippen molar-refractivity contribution in [3.8, 4) is 0 Å². The summed E-state index contributed by atoms with van der Waals surface area (Å²) in [4.78, 5) is 31.4. The van der Waals surface area contributed by atoms with Crippen molar-refractivity contribution in [1.82, 2.24) is 0 Å². The van der Waals surface area contributed by atoms with E-state index in [2.05, 4.69) is 0 Å². The van der Waals surface area contributed by atoms with Gasteiger partial charge in [-0.05, 0) is 36.5 Å². The van der Waals surface area contributed by atoms with Gasteiger partial charge in [0.2, 0.25) is 0 Å². The lowest BCUT2D eigenvalue weighted by Crippen LogP contribution is -2.44. The van der Waals surface area contributed by atoms with Gasteiger partial charge in [0.25, 0.3) is 0 Å². The highest BCUT2D eigenvalue weighted by atomic mass is 32.2. The average Bonchev–Trinajstić information content (AvgIpc) is 2.71. The van der Waals surface area contributed by atoms with Crippen molar-refractivity contribution in [3.63, 3.8) is 0 Å². The Morgan fingerprint density at radius 3 is 2.42 bits per heavy atom. The summed E-state index contributed by atoms with van der Waals surface area (Å²) >= 11 is 0. The van der Waals surface area contributed by atoms with Crippen LogP contribution in [-0.4, -0.2) is 58.5 Å². The summed E-state index contributed by atoms with van der Waals surface area (Å²) in [6.45, 7) is 6.61.